The van der Waals surface area contributed by atoms with Gasteiger partial charge in [-0.25, -0.2) is 9.98 Å². The Morgan fingerprint density at radius 1 is 1.20 bits per heavy atom. The van der Waals surface area contributed by atoms with Crippen molar-refractivity contribution < 1.29 is 0 Å². The van der Waals surface area contributed by atoms with Gasteiger partial charge in [0.05, 0.1) is 6.04 Å². The van der Waals surface area contributed by atoms with Crippen LogP contribution in [0.1, 0.15) is 12.0 Å². The standard InChI is InChI=1S/C16H18N4/c17-16(20-15-8-4-5-9-18-15)19-14-11-13(14)10-12-6-2-1-3-7-12/h1-9,13-14H,10-11H2,(H3,17,18,19,20). The van der Waals surface area contributed by atoms with E-state index in [4.69, 9.17) is 5.73 Å². The monoisotopic (exact) mass is 266 g/mol. The molecule has 1 aromatic carbocycles. The Morgan fingerprint density at radius 2 is 2.00 bits per heavy atom. The van der Waals surface area contributed by atoms with Gasteiger partial charge in [0.25, 0.3) is 0 Å². The predicted molar refractivity (Wildman–Crippen MR) is 81.5 cm³/mol. The molecule has 4 nitrogen and oxygen atoms in total. The van der Waals surface area contributed by atoms with Crippen molar-refractivity contribution in [3.63, 3.8) is 0 Å². The van der Waals surface area contributed by atoms with E-state index in [0.29, 0.717) is 17.9 Å². The zero-order chi connectivity index (χ0) is 13.8. The van der Waals surface area contributed by atoms with Gasteiger partial charge in [-0.15, -0.1) is 0 Å². The summed E-state index contributed by atoms with van der Waals surface area (Å²) in [5.41, 5.74) is 7.27. The fourth-order valence-corrected chi connectivity index (χ4v) is 2.30. The molecule has 3 N–H and O–H groups in total. The van der Waals surface area contributed by atoms with Gasteiger partial charge in [0.2, 0.25) is 0 Å². The summed E-state index contributed by atoms with van der Waals surface area (Å²) in [6, 6.07) is 16.5. The highest BCUT2D eigenvalue weighted by Gasteiger charge is 2.37. The maximum Gasteiger partial charge on any atom is 0.194 e. The predicted octanol–water partition coefficient (Wildman–Crippen LogP) is 2.44. The minimum atomic E-state index is 0.339. The molecule has 1 saturated carbocycles. The summed E-state index contributed by atoms with van der Waals surface area (Å²) in [6.07, 6.45) is 3.91. The average molecular weight is 266 g/mol. The fourth-order valence-electron chi connectivity index (χ4n) is 2.30. The molecule has 1 fully saturated rings. The van der Waals surface area contributed by atoms with Gasteiger partial charge in [-0.1, -0.05) is 36.4 Å². The number of pyridine rings is 1. The number of hydrogen-bond acceptors (Lipinski definition) is 2. The van der Waals surface area contributed by atoms with E-state index in [1.807, 2.05) is 24.3 Å². The van der Waals surface area contributed by atoms with Crippen LogP contribution in [0.15, 0.2) is 59.7 Å². The van der Waals surface area contributed by atoms with E-state index in [0.717, 1.165) is 18.7 Å². The summed E-state index contributed by atoms with van der Waals surface area (Å²) in [5, 5.41) is 3.01. The lowest BCUT2D eigenvalue weighted by atomic mass is 10.1. The third-order valence-electron chi connectivity index (χ3n) is 3.45. The largest absolute Gasteiger partial charge is 0.370 e. The Labute approximate surface area is 118 Å². The van der Waals surface area contributed by atoms with Gasteiger partial charge in [0.15, 0.2) is 5.96 Å². The minimum absolute atomic E-state index is 0.339. The van der Waals surface area contributed by atoms with Crippen LogP contribution in [0.2, 0.25) is 0 Å². The molecule has 2 atom stereocenters. The van der Waals surface area contributed by atoms with Crippen LogP contribution in [0.25, 0.3) is 0 Å². The van der Waals surface area contributed by atoms with Crippen LogP contribution in [0.4, 0.5) is 5.82 Å². The molecule has 3 rings (SSSR count). The molecule has 0 bridgehead atoms. The van der Waals surface area contributed by atoms with E-state index in [9.17, 15) is 0 Å². The van der Waals surface area contributed by atoms with Crippen molar-refractivity contribution in [2.75, 3.05) is 5.32 Å². The Bertz CT molecular complexity index is 580. The molecule has 2 unspecified atom stereocenters. The van der Waals surface area contributed by atoms with E-state index in [-0.39, 0.29) is 0 Å². The summed E-state index contributed by atoms with van der Waals surface area (Å²) in [4.78, 5) is 8.67. The van der Waals surface area contributed by atoms with Crippen molar-refractivity contribution in [3.05, 3.63) is 60.3 Å². The Kier molecular flexibility index (Phi) is 3.63. The second-order valence-electron chi connectivity index (χ2n) is 5.11. The van der Waals surface area contributed by atoms with Crippen LogP contribution >= 0.6 is 0 Å². The zero-order valence-electron chi connectivity index (χ0n) is 11.2. The highest BCUT2D eigenvalue weighted by molar-refractivity contribution is 5.91. The molecule has 4 heteroatoms. The summed E-state index contributed by atoms with van der Waals surface area (Å²) in [7, 11) is 0. The van der Waals surface area contributed by atoms with E-state index in [2.05, 4.69) is 39.6 Å². The van der Waals surface area contributed by atoms with E-state index in [1.165, 1.54) is 5.56 Å². The summed E-state index contributed by atoms with van der Waals surface area (Å²) < 4.78 is 0. The molecular weight excluding hydrogens is 248 g/mol. The summed E-state index contributed by atoms with van der Waals surface area (Å²) in [5.74, 6) is 1.79. The lowest BCUT2D eigenvalue weighted by Gasteiger charge is -2.04. The number of nitrogens with zero attached hydrogens (tertiary/aromatic N) is 2. The number of hydrogen-bond donors (Lipinski definition) is 2. The van der Waals surface area contributed by atoms with Crippen molar-refractivity contribution in [3.8, 4) is 0 Å². The van der Waals surface area contributed by atoms with Crippen LogP contribution in [-0.4, -0.2) is 17.0 Å². The highest BCUT2D eigenvalue weighted by atomic mass is 15.1. The average Bonchev–Trinajstić information content (AvgIpc) is 3.18. The quantitative estimate of drug-likeness (QED) is 0.660. The molecule has 1 heterocycles. The second-order valence-corrected chi connectivity index (χ2v) is 5.11. The maximum absolute atomic E-state index is 5.90. The second kappa shape index (κ2) is 5.74. The number of aliphatic imine (C=N–C) groups is 1. The number of anilines is 1. The summed E-state index contributed by atoms with van der Waals surface area (Å²) >= 11 is 0. The van der Waals surface area contributed by atoms with Crippen molar-refractivity contribution in [1.29, 1.82) is 0 Å². The van der Waals surface area contributed by atoms with Gasteiger partial charge in [-0.3, -0.25) is 0 Å². The van der Waals surface area contributed by atoms with Crippen molar-refractivity contribution in [2.24, 2.45) is 16.6 Å². The van der Waals surface area contributed by atoms with Gasteiger partial charge < -0.3 is 11.1 Å². The number of rotatable bonds is 4. The van der Waals surface area contributed by atoms with Crippen molar-refractivity contribution in [2.45, 2.75) is 18.9 Å². The molecule has 1 aliphatic carbocycles. The van der Waals surface area contributed by atoms with Gasteiger partial charge in [-0.05, 0) is 36.5 Å². The van der Waals surface area contributed by atoms with Crippen molar-refractivity contribution in [1.82, 2.24) is 4.98 Å². The summed E-state index contributed by atoms with van der Waals surface area (Å²) in [6.45, 7) is 0. The van der Waals surface area contributed by atoms with Gasteiger partial charge in [0, 0.05) is 6.20 Å². The normalized spacial score (nSPS) is 21.5. The van der Waals surface area contributed by atoms with Crippen LogP contribution < -0.4 is 11.1 Å². The lowest BCUT2D eigenvalue weighted by Crippen LogP contribution is -2.23. The molecule has 1 aliphatic rings. The van der Waals surface area contributed by atoms with Crippen LogP contribution in [0.5, 0.6) is 0 Å². The zero-order valence-corrected chi connectivity index (χ0v) is 11.2. The lowest BCUT2D eigenvalue weighted by molar-refractivity contribution is 0.786. The Morgan fingerprint density at radius 3 is 2.75 bits per heavy atom. The Balaban J connectivity index is 1.53. The molecule has 0 radical (unpaired) electrons. The minimum Gasteiger partial charge on any atom is -0.370 e. The first-order valence-electron chi connectivity index (χ1n) is 6.86. The molecule has 0 amide bonds. The SMILES string of the molecule is NC(=NC1CC1Cc1ccccc1)Nc1ccccn1. The fraction of sp³-hybridized carbons (Fsp3) is 0.250. The van der Waals surface area contributed by atoms with E-state index in [1.54, 1.807) is 6.20 Å². The first-order valence-corrected chi connectivity index (χ1v) is 6.86. The third-order valence-corrected chi connectivity index (χ3v) is 3.45. The van der Waals surface area contributed by atoms with E-state index >= 15 is 0 Å². The Hall–Kier alpha value is -2.36. The number of guanidine groups is 1. The topological polar surface area (TPSA) is 63.3 Å². The molecule has 0 saturated heterocycles. The third kappa shape index (κ3) is 3.35. The molecule has 102 valence electrons. The van der Waals surface area contributed by atoms with Crippen molar-refractivity contribution >= 4 is 11.8 Å². The van der Waals surface area contributed by atoms with Gasteiger partial charge in [-0.2, -0.15) is 0 Å². The first-order chi connectivity index (χ1) is 9.81. The molecular formula is C16H18N4. The molecule has 2 aromatic rings. The van der Waals surface area contributed by atoms with Crippen LogP contribution in [0.3, 0.4) is 0 Å². The molecule has 20 heavy (non-hydrogen) atoms. The number of nitrogens with two attached hydrogens (primary N) is 1. The van der Waals surface area contributed by atoms with Crippen LogP contribution in [-0.2, 0) is 6.42 Å². The van der Waals surface area contributed by atoms with E-state index < -0.39 is 0 Å². The van der Waals surface area contributed by atoms with Gasteiger partial charge >= 0.3 is 0 Å². The van der Waals surface area contributed by atoms with Gasteiger partial charge in [0.1, 0.15) is 5.82 Å². The maximum atomic E-state index is 5.90. The van der Waals surface area contributed by atoms with Crippen LogP contribution in [0, 0.1) is 5.92 Å². The number of benzene rings is 1. The molecule has 1 aromatic heterocycles. The molecule has 0 aliphatic heterocycles. The molecule has 0 spiro atoms. The highest BCUT2D eigenvalue weighted by Crippen LogP contribution is 2.36. The smallest absolute Gasteiger partial charge is 0.194 e. The number of aromatic nitrogens is 1. The number of nitrogens with one attached hydrogen (secondary N) is 1. The first kappa shape index (κ1) is 12.7.